The molecule has 154 valence electrons. The summed E-state index contributed by atoms with van der Waals surface area (Å²) in [5, 5.41) is 4.74. The van der Waals surface area contributed by atoms with Crippen LogP contribution in [0.25, 0.3) is 10.9 Å². The summed E-state index contributed by atoms with van der Waals surface area (Å²) < 4.78 is 0. The van der Waals surface area contributed by atoms with E-state index in [0.29, 0.717) is 0 Å². The Balaban J connectivity index is 1.38. The number of hydrogen-bond donors (Lipinski definition) is 1. The van der Waals surface area contributed by atoms with Crippen LogP contribution in [0.15, 0.2) is 83.9 Å². The van der Waals surface area contributed by atoms with Gasteiger partial charge in [0.1, 0.15) is 5.03 Å². The fourth-order valence-electron chi connectivity index (χ4n) is 3.81. The van der Waals surface area contributed by atoms with Gasteiger partial charge in [-0.25, -0.2) is 9.97 Å². The molecule has 0 unspecified atom stereocenters. The number of benzene rings is 3. The number of carbonyl (C=O) groups is 1. The van der Waals surface area contributed by atoms with Crippen molar-refractivity contribution in [1.29, 1.82) is 0 Å². The van der Waals surface area contributed by atoms with Crippen LogP contribution in [-0.2, 0) is 17.8 Å². The lowest BCUT2D eigenvalue weighted by atomic mass is 10.0. The Morgan fingerprint density at radius 2 is 1.65 bits per heavy atom. The molecule has 0 radical (unpaired) electrons. The number of aromatic nitrogens is 2. The van der Waals surface area contributed by atoms with Gasteiger partial charge in [0, 0.05) is 24.2 Å². The van der Waals surface area contributed by atoms with Gasteiger partial charge in [-0.05, 0) is 35.7 Å². The number of fused-ring (bicyclic) bond motifs is 2. The molecular formula is C25H22N4OS. The number of rotatable bonds is 5. The zero-order chi connectivity index (χ0) is 21.0. The lowest BCUT2D eigenvalue weighted by Crippen LogP contribution is -2.31. The van der Waals surface area contributed by atoms with Crippen LogP contribution in [0.4, 0.5) is 11.6 Å². The van der Waals surface area contributed by atoms with Gasteiger partial charge in [-0.2, -0.15) is 0 Å². The van der Waals surface area contributed by atoms with Crippen LogP contribution >= 0.6 is 11.8 Å². The first-order chi connectivity index (χ1) is 15.3. The Hall–Kier alpha value is -3.38. The third-order valence-corrected chi connectivity index (χ3v) is 6.36. The van der Waals surface area contributed by atoms with Crippen LogP contribution in [0.1, 0.15) is 11.1 Å². The molecule has 1 aromatic heterocycles. The molecule has 0 fully saturated rings. The number of nitrogens with zero attached hydrogens (tertiary/aromatic N) is 3. The molecule has 0 bridgehead atoms. The molecule has 1 aliphatic rings. The summed E-state index contributed by atoms with van der Waals surface area (Å²) in [4.78, 5) is 24.4. The topological polar surface area (TPSA) is 58.1 Å². The lowest BCUT2D eigenvalue weighted by molar-refractivity contribution is -0.113. The summed E-state index contributed by atoms with van der Waals surface area (Å²) in [5.41, 5.74) is 4.42. The van der Waals surface area contributed by atoms with Crippen molar-refractivity contribution < 1.29 is 4.79 Å². The summed E-state index contributed by atoms with van der Waals surface area (Å²) in [6.07, 6.45) is 0.980. The van der Waals surface area contributed by atoms with E-state index in [-0.39, 0.29) is 11.7 Å². The van der Waals surface area contributed by atoms with Gasteiger partial charge in [0.25, 0.3) is 0 Å². The van der Waals surface area contributed by atoms with Crippen LogP contribution in [0.3, 0.4) is 0 Å². The average molecular weight is 427 g/mol. The van der Waals surface area contributed by atoms with Gasteiger partial charge < -0.3 is 10.2 Å². The minimum atomic E-state index is -0.0488. The first-order valence-corrected chi connectivity index (χ1v) is 11.3. The van der Waals surface area contributed by atoms with Gasteiger partial charge in [-0.15, -0.1) is 0 Å². The monoisotopic (exact) mass is 426 g/mol. The minimum Gasteiger partial charge on any atom is -0.336 e. The third kappa shape index (κ3) is 4.39. The molecule has 0 aliphatic carbocycles. The molecule has 0 spiro atoms. The maximum Gasteiger partial charge on any atom is 0.234 e. The van der Waals surface area contributed by atoms with Gasteiger partial charge >= 0.3 is 0 Å². The molecule has 0 saturated heterocycles. The van der Waals surface area contributed by atoms with Crippen molar-refractivity contribution in [3.8, 4) is 0 Å². The Kier molecular flexibility index (Phi) is 5.54. The normalized spacial score (nSPS) is 13.1. The van der Waals surface area contributed by atoms with Crippen LogP contribution in [-0.4, -0.2) is 28.2 Å². The molecule has 5 nitrogen and oxygen atoms in total. The largest absolute Gasteiger partial charge is 0.336 e. The number of anilines is 2. The first-order valence-electron chi connectivity index (χ1n) is 10.3. The number of carbonyl (C=O) groups excluding carboxylic acids is 1. The number of nitrogens with one attached hydrogen (secondary N) is 1. The molecule has 4 aromatic rings. The van der Waals surface area contributed by atoms with E-state index in [0.717, 1.165) is 47.1 Å². The highest BCUT2D eigenvalue weighted by Gasteiger charge is 2.20. The number of amides is 1. The van der Waals surface area contributed by atoms with Crippen molar-refractivity contribution >= 4 is 40.2 Å². The molecule has 31 heavy (non-hydrogen) atoms. The van der Waals surface area contributed by atoms with Crippen LogP contribution in [0.2, 0.25) is 0 Å². The Bertz CT molecular complexity index is 1230. The van der Waals surface area contributed by atoms with Crippen LogP contribution < -0.4 is 10.2 Å². The molecule has 2 heterocycles. The number of para-hydroxylation sites is 2. The maximum absolute atomic E-state index is 12.5. The maximum atomic E-state index is 12.5. The summed E-state index contributed by atoms with van der Waals surface area (Å²) in [6, 6.07) is 26.0. The Morgan fingerprint density at radius 1 is 0.903 bits per heavy atom. The van der Waals surface area contributed by atoms with E-state index in [1.54, 1.807) is 0 Å². The number of thioether (sulfide) groups is 1. The van der Waals surface area contributed by atoms with E-state index in [1.807, 2.05) is 54.6 Å². The smallest absolute Gasteiger partial charge is 0.234 e. The molecule has 5 rings (SSSR count). The third-order valence-electron chi connectivity index (χ3n) is 5.37. The van der Waals surface area contributed by atoms with E-state index in [2.05, 4.69) is 34.5 Å². The predicted molar refractivity (Wildman–Crippen MR) is 127 cm³/mol. The van der Waals surface area contributed by atoms with E-state index in [9.17, 15) is 4.79 Å². The summed E-state index contributed by atoms with van der Waals surface area (Å²) in [5.74, 6) is 0.963. The summed E-state index contributed by atoms with van der Waals surface area (Å²) >= 11 is 1.45. The quantitative estimate of drug-likeness (QED) is 0.362. The highest BCUT2D eigenvalue weighted by atomic mass is 32.2. The molecular weight excluding hydrogens is 404 g/mol. The minimum absolute atomic E-state index is 0.0488. The molecule has 3 aromatic carbocycles. The van der Waals surface area contributed by atoms with Gasteiger partial charge in [0.05, 0.1) is 11.3 Å². The molecule has 0 atom stereocenters. The van der Waals surface area contributed by atoms with E-state index in [4.69, 9.17) is 9.97 Å². The van der Waals surface area contributed by atoms with Crippen LogP contribution in [0, 0.1) is 0 Å². The fourth-order valence-corrected chi connectivity index (χ4v) is 4.62. The lowest BCUT2D eigenvalue weighted by Gasteiger charge is -2.29. The standard InChI is InChI=1S/C25H22N4OS/c30-23(26-20-10-2-1-3-11-20)17-31-24-21-12-6-7-13-22(21)27-25(28-24)29-15-14-18-8-4-5-9-19(18)16-29/h1-13H,14-17H2,(H,26,30). The molecule has 1 N–H and O–H groups in total. The summed E-state index contributed by atoms with van der Waals surface area (Å²) in [6.45, 7) is 1.68. The first kappa shape index (κ1) is 19.6. The highest BCUT2D eigenvalue weighted by molar-refractivity contribution is 8.00. The average Bonchev–Trinajstić information content (AvgIpc) is 2.82. The van der Waals surface area contributed by atoms with Gasteiger partial charge in [-0.3, -0.25) is 4.79 Å². The zero-order valence-electron chi connectivity index (χ0n) is 17.0. The predicted octanol–water partition coefficient (Wildman–Crippen LogP) is 4.92. The molecule has 6 heteroatoms. The van der Waals surface area contributed by atoms with Crippen molar-refractivity contribution in [1.82, 2.24) is 9.97 Å². The molecule has 1 aliphatic heterocycles. The van der Waals surface area contributed by atoms with Gasteiger partial charge in [0.2, 0.25) is 11.9 Å². The van der Waals surface area contributed by atoms with E-state index < -0.39 is 0 Å². The van der Waals surface area contributed by atoms with Crippen molar-refractivity contribution in [2.24, 2.45) is 0 Å². The van der Waals surface area contributed by atoms with Crippen LogP contribution in [0.5, 0.6) is 0 Å². The highest BCUT2D eigenvalue weighted by Crippen LogP contribution is 2.29. The van der Waals surface area contributed by atoms with E-state index >= 15 is 0 Å². The molecule has 1 amide bonds. The Labute approximate surface area is 185 Å². The summed E-state index contributed by atoms with van der Waals surface area (Å²) in [7, 11) is 0. The van der Waals surface area contributed by atoms with Crippen molar-refractivity contribution in [2.45, 2.75) is 18.0 Å². The second kappa shape index (κ2) is 8.78. The zero-order valence-corrected chi connectivity index (χ0v) is 17.8. The molecule has 0 saturated carbocycles. The van der Waals surface area contributed by atoms with Crippen molar-refractivity contribution in [3.63, 3.8) is 0 Å². The number of hydrogen-bond acceptors (Lipinski definition) is 5. The SMILES string of the molecule is O=C(CSc1nc(N2CCc3ccccc3C2)nc2ccccc12)Nc1ccccc1. The van der Waals surface area contributed by atoms with Gasteiger partial charge in [0.15, 0.2) is 0 Å². The van der Waals surface area contributed by atoms with E-state index in [1.165, 1.54) is 22.9 Å². The Morgan fingerprint density at radius 3 is 2.52 bits per heavy atom. The van der Waals surface area contributed by atoms with Crippen molar-refractivity contribution in [2.75, 3.05) is 22.5 Å². The van der Waals surface area contributed by atoms with Crippen molar-refractivity contribution in [3.05, 3.63) is 90.0 Å². The van der Waals surface area contributed by atoms with Gasteiger partial charge in [-0.1, -0.05) is 72.4 Å². The second-order valence-corrected chi connectivity index (χ2v) is 8.45. The second-order valence-electron chi connectivity index (χ2n) is 7.49. The fraction of sp³-hybridized carbons (Fsp3) is 0.160.